The molecule has 128 valence electrons. The van der Waals surface area contributed by atoms with Crippen LogP contribution in [0.2, 0.25) is 0 Å². The highest BCUT2D eigenvalue weighted by molar-refractivity contribution is 7.88. The van der Waals surface area contributed by atoms with Gasteiger partial charge in [-0.2, -0.15) is 0 Å². The molecule has 1 aliphatic rings. The van der Waals surface area contributed by atoms with Gasteiger partial charge in [-0.05, 0) is 43.9 Å². The maximum absolute atomic E-state index is 12.4. The average molecular weight is 338 g/mol. The summed E-state index contributed by atoms with van der Waals surface area (Å²) in [5, 5.41) is 2.90. The van der Waals surface area contributed by atoms with Gasteiger partial charge in [0.05, 0.1) is 5.75 Å². The molecule has 0 radical (unpaired) electrons. The van der Waals surface area contributed by atoms with Gasteiger partial charge in [0.2, 0.25) is 10.0 Å². The van der Waals surface area contributed by atoms with Gasteiger partial charge in [-0.3, -0.25) is 4.79 Å². The Bertz CT molecular complexity index is 620. The van der Waals surface area contributed by atoms with Crippen molar-refractivity contribution < 1.29 is 13.2 Å². The van der Waals surface area contributed by atoms with Crippen molar-refractivity contribution in [2.45, 2.75) is 51.3 Å². The van der Waals surface area contributed by atoms with Gasteiger partial charge in [0.1, 0.15) is 0 Å². The summed E-state index contributed by atoms with van der Waals surface area (Å²) in [7, 11) is -3.26. The van der Waals surface area contributed by atoms with Crippen LogP contribution in [0.3, 0.4) is 0 Å². The largest absolute Gasteiger partial charge is 0.350 e. The molecule has 23 heavy (non-hydrogen) atoms. The number of sulfonamides is 1. The minimum absolute atomic E-state index is 0.000260. The predicted molar refractivity (Wildman–Crippen MR) is 91.7 cm³/mol. The summed E-state index contributed by atoms with van der Waals surface area (Å²) in [6.45, 7) is 5.21. The molecule has 0 aliphatic carbocycles. The fourth-order valence-corrected chi connectivity index (χ4v) is 4.22. The van der Waals surface area contributed by atoms with Gasteiger partial charge in [-0.1, -0.05) is 25.5 Å². The number of nitrogens with one attached hydrogen (secondary N) is 1. The first-order valence-corrected chi connectivity index (χ1v) is 9.91. The topological polar surface area (TPSA) is 66.5 Å². The lowest BCUT2D eigenvalue weighted by molar-refractivity contribution is 0.0939. The van der Waals surface area contributed by atoms with Crippen molar-refractivity contribution in [3.63, 3.8) is 0 Å². The van der Waals surface area contributed by atoms with Crippen molar-refractivity contribution in [3.05, 3.63) is 35.4 Å². The number of piperidine rings is 1. The number of carbonyl (C=O) groups is 1. The molecular weight excluding hydrogens is 312 g/mol. The van der Waals surface area contributed by atoms with E-state index >= 15 is 0 Å². The molecule has 0 spiro atoms. The van der Waals surface area contributed by atoms with Crippen LogP contribution in [-0.4, -0.2) is 37.8 Å². The second-order valence-corrected chi connectivity index (χ2v) is 8.16. The van der Waals surface area contributed by atoms with E-state index in [1.54, 1.807) is 28.6 Å². The lowest BCUT2D eigenvalue weighted by Crippen LogP contribution is -2.36. The summed E-state index contributed by atoms with van der Waals surface area (Å²) in [5.74, 6) is -0.120. The zero-order chi connectivity index (χ0) is 16.9. The predicted octanol–water partition coefficient (Wildman–Crippen LogP) is 2.53. The first-order valence-electron chi connectivity index (χ1n) is 8.30. The summed E-state index contributed by atoms with van der Waals surface area (Å²) >= 11 is 0. The van der Waals surface area contributed by atoms with Crippen molar-refractivity contribution in [1.82, 2.24) is 9.62 Å². The molecule has 1 fully saturated rings. The molecular formula is C17H26N2O3S. The Labute approximate surface area is 139 Å². The third kappa shape index (κ3) is 5.04. The van der Waals surface area contributed by atoms with Gasteiger partial charge >= 0.3 is 0 Å². The summed E-state index contributed by atoms with van der Waals surface area (Å²) in [4.78, 5) is 12.0. The Kier molecular flexibility index (Phi) is 6.18. The maximum atomic E-state index is 12.4. The zero-order valence-corrected chi connectivity index (χ0v) is 14.7. The first-order chi connectivity index (χ1) is 10.9. The highest BCUT2D eigenvalue weighted by Gasteiger charge is 2.24. The number of benzene rings is 1. The molecule has 6 heteroatoms. The van der Waals surface area contributed by atoms with Crippen LogP contribution < -0.4 is 5.32 Å². The van der Waals surface area contributed by atoms with Crippen molar-refractivity contribution >= 4 is 15.9 Å². The summed E-state index contributed by atoms with van der Waals surface area (Å²) in [6.07, 6.45) is 3.85. The second kappa shape index (κ2) is 7.93. The Hall–Kier alpha value is -1.40. The van der Waals surface area contributed by atoms with E-state index in [2.05, 4.69) is 5.32 Å². The molecule has 1 heterocycles. The van der Waals surface area contributed by atoms with Crippen LogP contribution in [0.4, 0.5) is 0 Å². The van der Waals surface area contributed by atoms with Crippen LogP contribution in [0.25, 0.3) is 0 Å². The van der Waals surface area contributed by atoms with E-state index in [0.717, 1.165) is 31.2 Å². The normalized spacial score (nSPS) is 17.7. The standard InChI is InChI=1S/C17H26N2O3S/c1-3-14(2)18-17(20)16-9-7-15(8-10-16)13-23(21,22)19-11-5-4-6-12-19/h7-10,14H,3-6,11-13H2,1-2H3,(H,18,20)/t14-/m0/s1. The quantitative estimate of drug-likeness (QED) is 0.867. The minimum Gasteiger partial charge on any atom is -0.350 e. The number of hydrogen-bond acceptors (Lipinski definition) is 3. The first kappa shape index (κ1) is 17.9. The third-order valence-electron chi connectivity index (χ3n) is 4.26. The van der Waals surface area contributed by atoms with Crippen molar-refractivity contribution in [3.8, 4) is 0 Å². The lowest BCUT2D eigenvalue weighted by atomic mass is 10.1. The van der Waals surface area contributed by atoms with E-state index in [1.807, 2.05) is 13.8 Å². The fraction of sp³-hybridized carbons (Fsp3) is 0.588. The van der Waals surface area contributed by atoms with Crippen molar-refractivity contribution in [2.24, 2.45) is 0 Å². The monoisotopic (exact) mass is 338 g/mol. The van der Waals surface area contributed by atoms with Crippen molar-refractivity contribution in [2.75, 3.05) is 13.1 Å². The van der Waals surface area contributed by atoms with Crippen LogP contribution in [0.15, 0.2) is 24.3 Å². The molecule has 0 unspecified atom stereocenters. The molecule has 1 aromatic rings. The Balaban J connectivity index is 2.00. The van der Waals surface area contributed by atoms with E-state index < -0.39 is 10.0 Å². The SMILES string of the molecule is CC[C@H](C)NC(=O)c1ccc(CS(=O)(=O)N2CCCCC2)cc1. The van der Waals surface area contributed by atoms with Crippen molar-refractivity contribution in [1.29, 1.82) is 0 Å². The van der Waals surface area contributed by atoms with E-state index in [9.17, 15) is 13.2 Å². The zero-order valence-electron chi connectivity index (χ0n) is 13.9. The molecule has 2 rings (SSSR count). The molecule has 1 saturated heterocycles. The molecule has 1 atom stereocenters. The third-order valence-corrected chi connectivity index (χ3v) is 6.11. The van der Waals surface area contributed by atoms with Crippen LogP contribution in [0.5, 0.6) is 0 Å². The molecule has 1 aliphatic heterocycles. The summed E-state index contributed by atoms with van der Waals surface area (Å²) in [5.41, 5.74) is 1.28. The fourth-order valence-electron chi connectivity index (χ4n) is 2.61. The van der Waals surface area contributed by atoms with Crippen LogP contribution in [0.1, 0.15) is 55.5 Å². The minimum atomic E-state index is -3.26. The highest BCUT2D eigenvalue weighted by Crippen LogP contribution is 2.17. The molecule has 5 nitrogen and oxygen atoms in total. The van der Waals surface area contributed by atoms with Crippen LogP contribution in [-0.2, 0) is 15.8 Å². The summed E-state index contributed by atoms with van der Waals surface area (Å²) < 4.78 is 26.4. The molecule has 1 amide bonds. The Morgan fingerprint density at radius 2 is 1.78 bits per heavy atom. The van der Waals surface area contributed by atoms with Gasteiger partial charge in [0.15, 0.2) is 0 Å². The van der Waals surface area contributed by atoms with E-state index in [-0.39, 0.29) is 17.7 Å². The smallest absolute Gasteiger partial charge is 0.251 e. The highest BCUT2D eigenvalue weighted by atomic mass is 32.2. The van der Waals surface area contributed by atoms with Gasteiger partial charge < -0.3 is 5.32 Å². The van der Waals surface area contributed by atoms with Gasteiger partial charge in [0, 0.05) is 24.7 Å². The molecule has 0 aromatic heterocycles. The number of hydrogen-bond donors (Lipinski definition) is 1. The van der Waals surface area contributed by atoms with E-state index in [0.29, 0.717) is 18.7 Å². The molecule has 0 saturated carbocycles. The number of amides is 1. The lowest BCUT2D eigenvalue weighted by Gasteiger charge is -2.25. The van der Waals surface area contributed by atoms with Gasteiger partial charge in [-0.15, -0.1) is 0 Å². The molecule has 0 bridgehead atoms. The Morgan fingerprint density at radius 3 is 2.35 bits per heavy atom. The Morgan fingerprint density at radius 1 is 1.17 bits per heavy atom. The second-order valence-electron chi connectivity index (χ2n) is 6.20. The average Bonchev–Trinajstić information content (AvgIpc) is 2.55. The van der Waals surface area contributed by atoms with Gasteiger partial charge in [-0.25, -0.2) is 12.7 Å². The summed E-state index contributed by atoms with van der Waals surface area (Å²) in [6, 6.07) is 6.97. The molecule has 1 N–H and O–H groups in total. The number of carbonyl (C=O) groups excluding carboxylic acids is 1. The van der Waals surface area contributed by atoms with Crippen LogP contribution in [0, 0.1) is 0 Å². The van der Waals surface area contributed by atoms with Crippen LogP contribution >= 0.6 is 0 Å². The molecule has 1 aromatic carbocycles. The van der Waals surface area contributed by atoms with Gasteiger partial charge in [0.25, 0.3) is 5.91 Å². The maximum Gasteiger partial charge on any atom is 0.251 e. The van der Waals surface area contributed by atoms with E-state index in [1.165, 1.54) is 0 Å². The van der Waals surface area contributed by atoms with E-state index in [4.69, 9.17) is 0 Å². The number of rotatable bonds is 6. The number of nitrogens with zero attached hydrogens (tertiary/aromatic N) is 1.